The van der Waals surface area contributed by atoms with Gasteiger partial charge in [-0.1, -0.05) is 50.6 Å². The van der Waals surface area contributed by atoms with E-state index in [1.54, 1.807) is 55.2 Å². The van der Waals surface area contributed by atoms with Gasteiger partial charge in [0.25, 0.3) is 0 Å². The number of ketones is 1. The van der Waals surface area contributed by atoms with Crippen molar-refractivity contribution in [1.82, 2.24) is 4.98 Å². The summed E-state index contributed by atoms with van der Waals surface area (Å²) in [6.07, 6.45) is 9.95. The first-order valence-electron chi connectivity index (χ1n) is 12.4. The van der Waals surface area contributed by atoms with Crippen LogP contribution in [0.3, 0.4) is 0 Å². The maximum absolute atomic E-state index is 13.1. The molecule has 0 bridgehead atoms. The zero-order valence-electron chi connectivity index (χ0n) is 22.0. The molecule has 0 aliphatic rings. The van der Waals surface area contributed by atoms with E-state index in [2.05, 4.69) is 15.3 Å². The number of phenols is 1. The third kappa shape index (κ3) is 7.39. The first-order valence-corrected chi connectivity index (χ1v) is 12.8. The van der Waals surface area contributed by atoms with Crippen LogP contribution in [0, 0.1) is 5.82 Å². The average molecular weight is 542 g/mol. The number of carbonyl (C=O) groups excluding carboxylic acids is 1. The Morgan fingerprint density at radius 2 is 1.87 bits per heavy atom. The fourth-order valence-corrected chi connectivity index (χ4v) is 4.20. The number of allylic oxidation sites excluding steroid dienone is 1. The topological polar surface area (TPSA) is 74.6 Å². The smallest absolute Gasteiger partial charge is 0.160 e. The van der Waals surface area contributed by atoms with E-state index in [4.69, 9.17) is 11.6 Å². The molecule has 0 saturated carbocycles. The summed E-state index contributed by atoms with van der Waals surface area (Å²) in [5.74, 6) is -0.307. The van der Waals surface area contributed by atoms with Crippen molar-refractivity contribution in [2.24, 2.45) is 4.99 Å². The lowest BCUT2D eigenvalue weighted by atomic mass is 9.84. The number of aromatic hydroxyl groups is 1. The summed E-state index contributed by atoms with van der Waals surface area (Å²) in [7, 11) is 0. The summed E-state index contributed by atoms with van der Waals surface area (Å²) < 4.78 is 13.1. The van der Waals surface area contributed by atoms with Gasteiger partial charge in [0.2, 0.25) is 0 Å². The van der Waals surface area contributed by atoms with Crippen LogP contribution in [-0.2, 0) is 16.6 Å². The summed E-state index contributed by atoms with van der Waals surface area (Å²) in [6.45, 7) is 6.02. The monoisotopic (exact) mass is 541 g/mol. The Bertz CT molecular complexity index is 1590. The van der Waals surface area contributed by atoms with Gasteiger partial charge in [0.15, 0.2) is 5.78 Å². The lowest BCUT2D eigenvalue weighted by Gasteiger charge is -2.22. The number of aliphatic imine (C=N–C) groups is 1. The van der Waals surface area contributed by atoms with Gasteiger partial charge in [-0.15, -0.1) is 0 Å². The van der Waals surface area contributed by atoms with E-state index < -0.39 is 0 Å². The normalized spacial score (nSPS) is 12.2. The van der Waals surface area contributed by atoms with Crippen molar-refractivity contribution in [3.63, 3.8) is 0 Å². The molecule has 0 aliphatic carbocycles. The number of halogens is 2. The van der Waals surface area contributed by atoms with E-state index in [0.717, 1.165) is 33.3 Å². The third-order valence-corrected chi connectivity index (χ3v) is 6.28. The summed E-state index contributed by atoms with van der Waals surface area (Å²) in [5, 5.41) is 15.7. The summed E-state index contributed by atoms with van der Waals surface area (Å²) >= 11 is 6.06. The maximum atomic E-state index is 13.1. The number of fused-ring (bicyclic) bond motifs is 1. The molecule has 5 nitrogen and oxygen atoms in total. The molecule has 3 aromatic carbocycles. The molecule has 0 unspecified atom stereocenters. The van der Waals surface area contributed by atoms with Gasteiger partial charge in [-0.3, -0.25) is 14.8 Å². The molecule has 2 N–H and O–H groups in total. The van der Waals surface area contributed by atoms with Crippen LogP contribution in [0.5, 0.6) is 5.75 Å². The molecule has 4 rings (SSSR count). The van der Waals surface area contributed by atoms with Crippen molar-refractivity contribution in [2.45, 2.75) is 32.6 Å². The second kappa shape index (κ2) is 12.0. The largest absolute Gasteiger partial charge is 0.507 e. The van der Waals surface area contributed by atoms with E-state index in [1.165, 1.54) is 18.2 Å². The van der Waals surface area contributed by atoms with E-state index in [-0.39, 0.29) is 29.2 Å². The number of anilines is 1. The SMILES string of the molecule is CC(C)(C)c1cc(/C=C/C(=O)Cc2ccc(F)cc2)cc(C=N/C=C/Nc2ccnc3cc(Cl)ccc23)c1O. The molecule has 0 fully saturated rings. The van der Waals surface area contributed by atoms with Gasteiger partial charge < -0.3 is 10.4 Å². The van der Waals surface area contributed by atoms with E-state index in [9.17, 15) is 14.3 Å². The van der Waals surface area contributed by atoms with Gasteiger partial charge in [-0.2, -0.15) is 0 Å². The van der Waals surface area contributed by atoms with Crippen LogP contribution in [-0.4, -0.2) is 22.1 Å². The molecule has 0 amide bonds. The highest BCUT2D eigenvalue weighted by Crippen LogP contribution is 2.34. The number of phenolic OH excluding ortho intramolecular Hbond substituents is 1. The van der Waals surface area contributed by atoms with Gasteiger partial charge in [0.05, 0.1) is 5.52 Å². The highest BCUT2D eigenvalue weighted by molar-refractivity contribution is 6.31. The molecular formula is C32H29ClFN3O2. The van der Waals surface area contributed by atoms with Crippen LogP contribution < -0.4 is 5.32 Å². The summed E-state index contributed by atoms with van der Waals surface area (Å²) in [4.78, 5) is 21.2. The van der Waals surface area contributed by atoms with Crippen LogP contribution in [0.15, 0.2) is 90.3 Å². The number of aromatic nitrogens is 1. The Morgan fingerprint density at radius 3 is 2.62 bits per heavy atom. The fraction of sp³-hybridized carbons (Fsp3) is 0.156. The van der Waals surface area contributed by atoms with E-state index in [0.29, 0.717) is 10.6 Å². The molecular weight excluding hydrogens is 513 g/mol. The predicted octanol–water partition coefficient (Wildman–Crippen LogP) is 7.86. The molecule has 7 heteroatoms. The number of nitrogens with one attached hydrogen (secondary N) is 1. The van der Waals surface area contributed by atoms with Gasteiger partial charge >= 0.3 is 0 Å². The Balaban J connectivity index is 1.51. The first kappa shape index (κ1) is 27.7. The number of carbonyl (C=O) groups is 1. The minimum absolute atomic E-state index is 0.109. The van der Waals surface area contributed by atoms with E-state index >= 15 is 0 Å². The van der Waals surface area contributed by atoms with Crippen molar-refractivity contribution < 1.29 is 14.3 Å². The van der Waals surface area contributed by atoms with Crippen LogP contribution >= 0.6 is 11.6 Å². The van der Waals surface area contributed by atoms with Gasteiger partial charge in [-0.25, -0.2) is 4.39 Å². The standard InChI is InChI=1S/C32H29ClFN3O2/c1-32(2,3)28-18-22(6-10-26(38)17-21-4-8-25(34)9-5-21)16-23(31(28)39)20-35-14-15-37-29-12-13-36-30-19-24(33)7-11-27(29)30/h4-16,18-20,39H,17H2,1-3H3,(H,36,37)/b10-6+,15-14+,35-20?. The number of nitrogens with zero attached hydrogens (tertiary/aromatic N) is 2. The molecule has 0 spiro atoms. The Morgan fingerprint density at radius 1 is 1.10 bits per heavy atom. The molecule has 1 aromatic heterocycles. The van der Waals surface area contributed by atoms with Crippen molar-refractivity contribution in [1.29, 1.82) is 0 Å². The van der Waals surface area contributed by atoms with Crippen LogP contribution in [0.4, 0.5) is 10.1 Å². The average Bonchev–Trinajstić information content (AvgIpc) is 2.89. The van der Waals surface area contributed by atoms with Crippen molar-refractivity contribution in [3.8, 4) is 5.75 Å². The Labute approximate surface area is 232 Å². The summed E-state index contributed by atoms with van der Waals surface area (Å²) in [5.41, 5.74) is 4.07. The molecule has 198 valence electrons. The number of pyridine rings is 1. The second-order valence-corrected chi connectivity index (χ2v) is 10.6. The second-order valence-electron chi connectivity index (χ2n) is 10.1. The number of benzene rings is 3. The number of rotatable bonds is 8. The minimum Gasteiger partial charge on any atom is -0.507 e. The molecule has 0 aliphatic heterocycles. The molecule has 39 heavy (non-hydrogen) atoms. The lowest BCUT2D eigenvalue weighted by molar-refractivity contribution is -0.113. The van der Waals surface area contributed by atoms with Gasteiger partial charge in [0.1, 0.15) is 11.6 Å². The van der Waals surface area contributed by atoms with Crippen molar-refractivity contribution in [3.05, 3.63) is 118 Å². The predicted molar refractivity (Wildman–Crippen MR) is 158 cm³/mol. The Kier molecular flexibility index (Phi) is 8.57. The third-order valence-electron chi connectivity index (χ3n) is 6.04. The quantitative estimate of drug-likeness (QED) is 0.176. The first-order chi connectivity index (χ1) is 18.6. The fourth-order valence-electron chi connectivity index (χ4n) is 4.04. The highest BCUT2D eigenvalue weighted by atomic mass is 35.5. The molecule has 4 aromatic rings. The van der Waals surface area contributed by atoms with E-state index in [1.807, 2.05) is 45.0 Å². The highest BCUT2D eigenvalue weighted by Gasteiger charge is 2.20. The summed E-state index contributed by atoms with van der Waals surface area (Å²) in [6, 6.07) is 16.9. The number of hydrogen-bond donors (Lipinski definition) is 2. The zero-order valence-corrected chi connectivity index (χ0v) is 22.7. The molecule has 0 radical (unpaired) electrons. The molecule has 1 heterocycles. The Hall–Kier alpha value is -4.29. The molecule has 0 saturated heterocycles. The van der Waals surface area contributed by atoms with Crippen molar-refractivity contribution >= 4 is 46.3 Å². The van der Waals surface area contributed by atoms with Crippen LogP contribution in [0.1, 0.15) is 43.0 Å². The molecule has 0 atom stereocenters. The van der Waals surface area contributed by atoms with Crippen LogP contribution in [0.25, 0.3) is 17.0 Å². The van der Waals surface area contributed by atoms with Crippen LogP contribution in [0.2, 0.25) is 5.02 Å². The maximum Gasteiger partial charge on any atom is 0.160 e. The van der Waals surface area contributed by atoms with Crippen molar-refractivity contribution in [2.75, 3.05) is 5.32 Å². The number of hydrogen-bond acceptors (Lipinski definition) is 5. The van der Waals surface area contributed by atoms with Gasteiger partial charge in [-0.05, 0) is 71.1 Å². The minimum atomic E-state index is -0.336. The zero-order chi connectivity index (χ0) is 28.0. The lowest BCUT2D eigenvalue weighted by Crippen LogP contribution is -2.12. The van der Waals surface area contributed by atoms with Gasteiger partial charge in [0, 0.05) is 58.5 Å².